The van der Waals surface area contributed by atoms with Crippen molar-refractivity contribution < 1.29 is 60.2 Å². The van der Waals surface area contributed by atoms with Gasteiger partial charge in [0.05, 0.1) is 5.41 Å². The average molecular weight is 562 g/mol. The summed E-state index contributed by atoms with van der Waals surface area (Å²) in [5.41, 5.74) is -1.66. The zero-order valence-electron chi connectivity index (χ0n) is 17.3. The molecule has 1 fully saturated rings. The molecule has 1 rings (SSSR count). The van der Waals surface area contributed by atoms with Gasteiger partial charge in [-0.05, 0) is 24.7 Å². The van der Waals surface area contributed by atoms with E-state index >= 15 is 0 Å². The van der Waals surface area contributed by atoms with Crippen LogP contribution in [0.2, 0.25) is 0 Å². The Hall–Kier alpha value is -0.475. The van der Waals surface area contributed by atoms with Gasteiger partial charge in [0, 0.05) is 25.5 Å². The van der Waals surface area contributed by atoms with Crippen molar-refractivity contribution in [2.24, 2.45) is 16.7 Å². The molecule has 0 bridgehead atoms. The number of aliphatic carboxylic acids is 1. The minimum atomic E-state index is -1.33. The predicted molar refractivity (Wildman–Crippen MR) is 86.8 cm³/mol. The van der Waals surface area contributed by atoms with Gasteiger partial charge in [-0.3, -0.25) is 4.79 Å². The summed E-state index contributed by atoms with van der Waals surface area (Å²) in [6.07, 6.45) is 1.57. The normalized spacial score (nSPS) is 24.9. The van der Waals surface area contributed by atoms with Crippen LogP contribution < -0.4 is 20.6 Å². The first-order valence-electron chi connectivity index (χ1n) is 7.60. The molecule has 0 aromatic rings. The van der Waals surface area contributed by atoms with E-state index in [-0.39, 0.29) is 41.9 Å². The van der Waals surface area contributed by atoms with Crippen LogP contribution in [0.3, 0.4) is 0 Å². The maximum atomic E-state index is 12.4. The number of carboxylic acids is 1. The minimum Gasteiger partial charge on any atom is -0.884 e. The van der Waals surface area contributed by atoms with Crippen LogP contribution in [0.5, 0.6) is 0 Å². The van der Waals surface area contributed by atoms with E-state index in [1.807, 2.05) is 20.8 Å². The predicted octanol–water partition coefficient (Wildman–Crippen LogP) is -1.39. The molecule has 1 saturated carbocycles. The van der Waals surface area contributed by atoms with E-state index in [4.69, 9.17) is 27.6 Å². The number of hydrogen-bond acceptors (Lipinski definition) is 7. The quantitative estimate of drug-likeness (QED) is 0.240. The van der Waals surface area contributed by atoms with Gasteiger partial charge in [0.2, 0.25) is 5.91 Å². The van der Waals surface area contributed by atoms with E-state index in [1.165, 1.54) is 7.11 Å². The molecule has 1 aliphatic carbocycles. The number of methoxy groups -OCH3 is 1. The van der Waals surface area contributed by atoms with Crippen LogP contribution in [-0.2, 0) is 54.6 Å². The van der Waals surface area contributed by atoms with Crippen LogP contribution in [0.1, 0.15) is 42.9 Å². The first kappa shape index (κ1) is 26.8. The third kappa shape index (κ3) is 7.34. The fourth-order valence-corrected chi connectivity index (χ4v) is 3.05. The molecular formula is C16H27HgNO6S. The number of carbonyl (C=O) groups excluding carboxylic acids is 2. The molecule has 0 heterocycles. The molecule has 0 radical (unpaired) electrons. The monoisotopic (exact) mass is 563 g/mol. The smallest absolute Gasteiger partial charge is 0.884 e. The van der Waals surface area contributed by atoms with Crippen LogP contribution in [0.25, 0.3) is 0 Å². The Morgan fingerprint density at radius 3 is 2.20 bits per heavy atom. The van der Waals surface area contributed by atoms with E-state index in [9.17, 15) is 14.7 Å². The number of carbonyl (C=O) groups is 2. The molecular weight excluding hydrogens is 535 g/mol. The molecule has 3 unspecified atom stereocenters. The van der Waals surface area contributed by atoms with E-state index in [1.54, 1.807) is 0 Å². The van der Waals surface area contributed by atoms with Crippen molar-refractivity contribution in [1.29, 1.82) is 0 Å². The summed E-state index contributed by atoms with van der Waals surface area (Å²) in [4.78, 5) is 23.6. The maximum absolute atomic E-state index is 12.4. The molecule has 1 N–H and O–H groups in total. The second-order valence-electron chi connectivity index (χ2n) is 6.55. The summed E-state index contributed by atoms with van der Waals surface area (Å²) in [6.45, 7) is 8.35. The number of rotatable bonds is 6. The van der Waals surface area contributed by atoms with Crippen molar-refractivity contribution in [3.63, 3.8) is 0 Å². The largest absolute Gasteiger partial charge is 2.00 e. The Balaban J connectivity index is -0.000000344. The number of nitrogens with one attached hydrogen (secondary N) is 1. The topological polar surface area (TPSA) is 125 Å². The van der Waals surface area contributed by atoms with Gasteiger partial charge in [0.15, 0.2) is 0 Å². The summed E-state index contributed by atoms with van der Waals surface area (Å²) in [7, 11) is 1.53. The number of amides is 1. The Bertz CT molecular complexity index is 480. The first-order chi connectivity index (χ1) is 10.9. The molecule has 0 aliphatic heterocycles. The average Bonchev–Trinajstić information content (AvgIpc) is 2.69. The summed E-state index contributed by atoms with van der Waals surface area (Å²) in [5, 5.41) is 31.6. The number of carboxylic acid groups (broad SMARTS) is 1. The molecule has 1 amide bonds. The molecule has 9 heteroatoms. The molecule has 7 nitrogen and oxygen atoms in total. The summed E-state index contributed by atoms with van der Waals surface area (Å²) >= 11 is 4.99. The van der Waals surface area contributed by atoms with Gasteiger partial charge in [-0.25, -0.2) is 5.95 Å². The summed E-state index contributed by atoms with van der Waals surface area (Å²) < 4.78 is 4.95. The van der Waals surface area contributed by atoms with Crippen molar-refractivity contribution in [1.82, 2.24) is 5.32 Å². The van der Waals surface area contributed by atoms with Crippen molar-refractivity contribution in [3.8, 4) is 0 Å². The molecule has 0 aromatic heterocycles. The molecule has 25 heavy (non-hydrogen) atoms. The van der Waals surface area contributed by atoms with Crippen LogP contribution >= 0.6 is 0 Å². The van der Waals surface area contributed by atoms with Gasteiger partial charge in [-0.15, -0.1) is 6.58 Å². The van der Waals surface area contributed by atoms with Gasteiger partial charge in [-0.1, -0.05) is 26.2 Å². The van der Waals surface area contributed by atoms with E-state index in [0.717, 1.165) is 0 Å². The number of ether oxygens (including phenoxy) is 1. The second-order valence-corrected chi connectivity index (χ2v) is 7.07. The fraction of sp³-hybridized carbons (Fsp3) is 0.750. The van der Waals surface area contributed by atoms with Crippen molar-refractivity contribution in [3.05, 3.63) is 12.5 Å². The number of hydrogen-bond donors (Lipinski definition) is 1. The van der Waals surface area contributed by atoms with E-state index in [2.05, 4.69) is 11.9 Å². The van der Waals surface area contributed by atoms with Crippen LogP contribution in [-0.4, -0.2) is 31.0 Å². The van der Waals surface area contributed by atoms with Gasteiger partial charge < -0.3 is 42.8 Å². The van der Waals surface area contributed by atoms with Crippen LogP contribution in [0.4, 0.5) is 0 Å². The summed E-state index contributed by atoms with van der Waals surface area (Å²) in [6, 6.07) is 0. The third-order valence-electron chi connectivity index (χ3n) is 4.94. The standard InChI is InChI=1S/C14H25NO4S.C2H4O2.Hg/c1-13(2)9(11(16)17)5-7-14(13,3)12(18)15-8-6-10(20)19-4;1-2(3)4;/h9-10,20H,5-8H2,1-4H3,(H,15,18)(H,16,17);3-4H,1H2;/q;;+2/p-2. The van der Waals surface area contributed by atoms with Crippen LogP contribution in [0, 0.1) is 16.7 Å². The molecule has 0 saturated heterocycles. The molecule has 1 aliphatic rings. The molecule has 140 valence electrons. The van der Waals surface area contributed by atoms with Crippen molar-refractivity contribution in [2.45, 2.75) is 45.5 Å². The second kappa shape index (κ2) is 11.3. The van der Waals surface area contributed by atoms with Gasteiger partial charge in [-0.2, -0.15) is 0 Å². The van der Waals surface area contributed by atoms with Crippen molar-refractivity contribution in [2.75, 3.05) is 13.7 Å². The zero-order valence-corrected chi connectivity index (χ0v) is 21.6. The summed E-state index contributed by atoms with van der Waals surface area (Å²) in [5.74, 6) is -3.12. The molecule has 3 atom stereocenters. The minimum absolute atomic E-state index is 0. The first-order valence-corrected chi connectivity index (χ1v) is 8.08. The van der Waals surface area contributed by atoms with Gasteiger partial charge in [0.1, 0.15) is 0 Å². The SMILES string of the molecule is C=C([O-])[O-].COC([S-])CCNC(=O)C1(C)CCC(C(=O)[O-])C1(C)C.[H+].[H+].[Hg+2]. The van der Waals surface area contributed by atoms with Gasteiger partial charge >= 0.3 is 30.5 Å². The van der Waals surface area contributed by atoms with Gasteiger partial charge in [0.25, 0.3) is 0 Å². The Labute approximate surface area is 178 Å². The Morgan fingerprint density at radius 2 is 1.84 bits per heavy atom. The van der Waals surface area contributed by atoms with Crippen molar-refractivity contribution >= 4 is 24.5 Å². The fourth-order valence-electron chi connectivity index (χ4n) is 2.94. The van der Waals surface area contributed by atoms with E-state index in [0.29, 0.717) is 25.8 Å². The zero-order chi connectivity index (χ0) is 19.1. The molecule has 0 aromatic carbocycles. The maximum Gasteiger partial charge on any atom is 2.00 e. The Morgan fingerprint density at radius 1 is 1.36 bits per heavy atom. The Kier molecular flexibility index (Phi) is 12.1. The van der Waals surface area contributed by atoms with Crippen LogP contribution in [0.15, 0.2) is 12.5 Å². The van der Waals surface area contributed by atoms with E-state index < -0.39 is 28.7 Å². The molecule has 0 spiro atoms. The third-order valence-corrected chi connectivity index (χ3v) is 5.37.